The summed E-state index contributed by atoms with van der Waals surface area (Å²) < 4.78 is 0. The number of amides is 1. The number of aromatic hydroxyl groups is 1. The number of hydrogen-bond donors (Lipinski definition) is 2. The van der Waals surface area contributed by atoms with Crippen LogP contribution in [0.25, 0.3) is 0 Å². The summed E-state index contributed by atoms with van der Waals surface area (Å²) in [5.41, 5.74) is 0.572. The summed E-state index contributed by atoms with van der Waals surface area (Å²) >= 11 is 11.3. The monoisotopic (exact) mass is 283 g/mol. The number of anilines is 1. The zero-order valence-corrected chi connectivity index (χ0v) is 10.4. The molecule has 18 heavy (non-hydrogen) atoms. The van der Waals surface area contributed by atoms with E-state index < -0.39 is 5.91 Å². The highest BCUT2D eigenvalue weighted by molar-refractivity contribution is 6.32. The number of halogens is 2. The molecular weight excluding hydrogens is 277 g/mol. The fraction of sp³-hybridized carbons (Fsp3) is 0. The highest BCUT2D eigenvalue weighted by Crippen LogP contribution is 2.26. The molecule has 1 aromatic heterocycles. The molecule has 1 aromatic carbocycles. The zero-order valence-electron chi connectivity index (χ0n) is 8.89. The van der Waals surface area contributed by atoms with Gasteiger partial charge in [0.15, 0.2) is 0 Å². The van der Waals surface area contributed by atoms with Crippen LogP contribution in [-0.2, 0) is 0 Å². The lowest BCUT2D eigenvalue weighted by molar-refractivity contribution is 0.102. The molecule has 0 aliphatic carbocycles. The first-order chi connectivity index (χ1) is 8.56. The summed E-state index contributed by atoms with van der Waals surface area (Å²) in [6.45, 7) is 0. The number of aromatic nitrogens is 2. The van der Waals surface area contributed by atoms with Crippen LogP contribution in [0, 0.1) is 0 Å². The molecule has 5 nitrogen and oxygen atoms in total. The van der Waals surface area contributed by atoms with Crippen LogP contribution < -0.4 is 5.32 Å². The molecule has 2 aromatic rings. The quantitative estimate of drug-likeness (QED) is 0.831. The minimum atomic E-state index is -0.444. The molecule has 2 N–H and O–H groups in total. The van der Waals surface area contributed by atoms with Gasteiger partial charge in [0.25, 0.3) is 5.91 Å². The Hall–Kier alpha value is -1.85. The first-order valence-electron chi connectivity index (χ1n) is 4.83. The average Bonchev–Trinajstić information content (AvgIpc) is 2.34. The van der Waals surface area contributed by atoms with Crippen molar-refractivity contribution in [3.8, 4) is 5.75 Å². The minimum absolute atomic E-state index is 0.0547. The van der Waals surface area contributed by atoms with Crippen LogP contribution in [0.5, 0.6) is 5.75 Å². The third-order valence-electron chi connectivity index (χ3n) is 2.06. The van der Waals surface area contributed by atoms with Gasteiger partial charge in [0.1, 0.15) is 16.6 Å². The average molecular weight is 284 g/mol. The van der Waals surface area contributed by atoms with Crippen LogP contribution in [0.15, 0.2) is 30.6 Å². The fourth-order valence-electron chi connectivity index (χ4n) is 1.21. The molecule has 0 saturated carbocycles. The maximum Gasteiger partial charge on any atom is 0.275 e. The Kier molecular flexibility index (Phi) is 3.64. The molecule has 0 aliphatic rings. The number of phenols is 1. The number of carbonyl (C=O) groups is 1. The summed E-state index contributed by atoms with van der Waals surface area (Å²) in [6.07, 6.45) is 2.54. The molecule has 0 aliphatic heterocycles. The Morgan fingerprint density at radius 1 is 1.22 bits per heavy atom. The number of phenolic OH excluding ortho intramolecular Hbond substituents is 1. The van der Waals surface area contributed by atoms with Gasteiger partial charge in [0.2, 0.25) is 0 Å². The van der Waals surface area contributed by atoms with E-state index >= 15 is 0 Å². The molecule has 7 heteroatoms. The lowest BCUT2D eigenvalue weighted by Gasteiger charge is -2.05. The van der Waals surface area contributed by atoms with Crippen molar-refractivity contribution in [2.45, 2.75) is 0 Å². The minimum Gasteiger partial charge on any atom is -0.506 e. The molecular formula is C11H7Cl2N3O2. The smallest absolute Gasteiger partial charge is 0.275 e. The highest BCUT2D eigenvalue weighted by Gasteiger charge is 2.09. The van der Waals surface area contributed by atoms with Crippen molar-refractivity contribution in [3.05, 3.63) is 46.5 Å². The van der Waals surface area contributed by atoms with Gasteiger partial charge in [-0.05, 0) is 18.2 Å². The van der Waals surface area contributed by atoms with Gasteiger partial charge < -0.3 is 10.4 Å². The second-order valence-corrected chi connectivity index (χ2v) is 4.14. The van der Waals surface area contributed by atoms with E-state index in [1.54, 1.807) is 0 Å². The summed E-state index contributed by atoms with van der Waals surface area (Å²) in [5, 5.41) is 12.2. The molecule has 1 amide bonds. The Bertz CT molecular complexity index is 587. The third-order valence-corrected chi connectivity index (χ3v) is 2.56. The largest absolute Gasteiger partial charge is 0.506 e. The maximum absolute atomic E-state index is 11.8. The molecule has 0 unspecified atom stereocenters. The van der Waals surface area contributed by atoms with Gasteiger partial charge in [-0.1, -0.05) is 23.2 Å². The van der Waals surface area contributed by atoms with Crippen LogP contribution in [0.2, 0.25) is 10.2 Å². The first kappa shape index (κ1) is 12.6. The van der Waals surface area contributed by atoms with Gasteiger partial charge in [0.05, 0.1) is 17.4 Å². The molecule has 92 valence electrons. The van der Waals surface area contributed by atoms with E-state index in [1.165, 1.54) is 30.6 Å². The molecule has 0 spiro atoms. The number of rotatable bonds is 2. The van der Waals surface area contributed by atoms with E-state index in [9.17, 15) is 9.90 Å². The molecule has 2 rings (SSSR count). The number of nitrogens with zero attached hydrogens (tertiary/aromatic N) is 2. The van der Waals surface area contributed by atoms with E-state index in [0.29, 0.717) is 5.69 Å². The van der Waals surface area contributed by atoms with Crippen LogP contribution in [0.3, 0.4) is 0 Å². The van der Waals surface area contributed by atoms with Crippen molar-refractivity contribution in [1.29, 1.82) is 0 Å². The molecule has 1 heterocycles. The van der Waals surface area contributed by atoms with E-state index in [2.05, 4.69) is 15.3 Å². The van der Waals surface area contributed by atoms with Gasteiger partial charge >= 0.3 is 0 Å². The van der Waals surface area contributed by atoms with Gasteiger partial charge in [-0.2, -0.15) is 0 Å². The SMILES string of the molecule is O=C(Nc1ccc(O)c(Cl)c1)c1cnc(Cl)cn1. The van der Waals surface area contributed by atoms with Crippen LogP contribution in [0.1, 0.15) is 10.5 Å². The van der Waals surface area contributed by atoms with E-state index in [4.69, 9.17) is 23.2 Å². The Labute approximate surface area is 112 Å². The maximum atomic E-state index is 11.8. The first-order valence-corrected chi connectivity index (χ1v) is 5.59. The number of benzene rings is 1. The van der Waals surface area contributed by atoms with E-state index in [-0.39, 0.29) is 21.6 Å². The molecule has 0 atom stereocenters. The van der Waals surface area contributed by atoms with Crippen LogP contribution in [-0.4, -0.2) is 21.0 Å². The predicted octanol–water partition coefficient (Wildman–Crippen LogP) is 2.74. The van der Waals surface area contributed by atoms with E-state index in [0.717, 1.165) is 0 Å². The van der Waals surface area contributed by atoms with Gasteiger partial charge in [-0.15, -0.1) is 0 Å². The van der Waals surface area contributed by atoms with Crippen LogP contribution >= 0.6 is 23.2 Å². The molecule has 0 bridgehead atoms. The summed E-state index contributed by atoms with van der Waals surface area (Å²) in [4.78, 5) is 19.3. The Morgan fingerprint density at radius 2 is 2.00 bits per heavy atom. The lowest BCUT2D eigenvalue weighted by atomic mass is 10.3. The van der Waals surface area contributed by atoms with Crippen LogP contribution in [0.4, 0.5) is 5.69 Å². The van der Waals surface area contributed by atoms with Crippen molar-refractivity contribution >= 4 is 34.8 Å². The van der Waals surface area contributed by atoms with Crippen molar-refractivity contribution in [3.63, 3.8) is 0 Å². The van der Waals surface area contributed by atoms with E-state index in [1.807, 2.05) is 0 Å². The number of nitrogens with one attached hydrogen (secondary N) is 1. The van der Waals surface area contributed by atoms with Gasteiger partial charge in [0, 0.05) is 5.69 Å². The molecule has 0 saturated heterocycles. The summed E-state index contributed by atoms with van der Waals surface area (Å²) in [7, 11) is 0. The van der Waals surface area contributed by atoms with Crippen molar-refractivity contribution in [2.24, 2.45) is 0 Å². The standard InChI is InChI=1S/C11H7Cl2N3O2/c12-7-3-6(1-2-9(7)17)16-11(18)8-4-15-10(13)5-14-8/h1-5,17H,(H,16,18). The topological polar surface area (TPSA) is 75.1 Å². The van der Waals surface area contributed by atoms with Crippen molar-refractivity contribution in [2.75, 3.05) is 5.32 Å². The Balaban J connectivity index is 2.16. The number of carbonyl (C=O) groups excluding carboxylic acids is 1. The molecule has 0 radical (unpaired) electrons. The number of hydrogen-bond acceptors (Lipinski definition) is 4. The third kappa shape index (κ3) is 2.88. The van der Waals surface area contributed by atoms with Gasteiger partial charge in [-0.25, -0.2) is 9.97 Å². The second kappa shape index (κ2) is 5.20. The second-order valence-electron chi connectivity index (χ2n) is 3.34. The summed E-state index contributed by atoms with van der Waals surface area (Å²) in [5.74, 6) is -0.498. The highest BCUT2D eigenvalue weighted by atomic mass is 35.5. The Morgan fingerprint density at radius 3 is 2.61 bits per heavy atom. The van der Waals surface area contributed by atoms with Crippen molar-refractivity contribution < 1.29 is 9.90 Å². The zero-order chi connectivity index (χ0) is 13.1. The fourth-order valence-corrected chi connectivity index (χ4v) is 1.49. The molecule has 0 fully saturated rings. The van der Waals surface area contributed by atoms with Crippen molar-refractivity contribution in [1.82, 2.24) is 9.97 Å². The summed E-state index contributed by atoms with van der Waals surface area (Å²) in [6, 6.07) is 4.33. The predicted molar refractivity (Wildman–Crippen MR) is 68.1 cm³/mol. The normalized spacial score (nSPS) is 10.1. The van der Waals surface area contributed by atoms with Gasteiger partial charge in [-0.3, -0.25) is 4.79 Å². The lowest BCUT2D eigenvalue weighted by Crippen LogP contribution is -2.13.